The van der Waals surface area contributed by atoms with Crippen molar-refractivity contribution in [3.8, 4) is 0 Å². The SMILES string of the molecule is CNCC(C)(C)CN1CCC(C)CC1. The molecule has 1 N–H and O–H groups in total. The third kappa shape index (κ3) is 3.97. The molecule has 0 unspecified atom stereocenters. The molecule has 1 heterocycles. The number of likely N-dealkylation sites (tertiary alicyclic amines) is 1. The normalized spacial score (nSPS) is 21.4. The maximum atomic E-state index is 3.28. The predicted octanol–water partition coefficient (Wildman–Crippen LogP) is 1.96. The molecule has 0 aliphatic carbocycles. The minimum absolute atomic E-state index is 0.412. The fourth-order valence-corrected chi connectivity index (χ4v) is 2.36. The zero-order valence-electron chi connectivity index (χ0n) is 10.3. The lowest BCUT2D eigenvalue weighted by atomic mass is 9.90. The van der Waals surface area contributed by atoms with E-state index in [4.69, 9.17) is 0 Å². The molecule has 2 nitrogen and oxygen atoms in total. The Labute approximate surface area is 89.1 Å². The van der Waals surface area contributed by atoms with Gasteiger partial charge in [-0.2, -0.15) is 0 Å². The van der Waals surface area contributed by atoms with Crippen molar-refractivity contribution in [1.82, 2.24) is 10.2 Å². The summed E-state index contributed by atoms with van der Waals surface area (Å²) in [7, 11) is 2.04. The average Bonchev–Trinajstić information content (AvgIpc) is 2.08. The van der Waals surface area contributed by atoms with E-state index in [2.05, 4.69) is 31.0 Å². The lowest BCUT2D eigenvalue weighted by Crippen LogP contribution is -2.43. The van der Waals surface area contributed by atoms with Crippen LogP contribution < -0.4 is 5.32 Å². The van der Waals surface area contributed by atoms with Crippen molar-refractivity contribution in [1.29, 1.82) is 0 Å². The highest BCUT2D eigenvalue weighted by atomic mass is 15.1. The van der Waals surface area contributed by atoms with Gasteiger partial charge in [0.2, 0.25) is 0 Å². The summed E-state index contributed by atoms with van der Waals surface area (Å²) in [6.07, 6.45) is 2.77. The molecule has 0 saturated carbocycles. The molecule has 0 atom stereocenters. The predicted molar refractivity (Wildman–Crippen MR) is 62.5 cm³/mol. The lowest BCUT2D eigenvalue weighted by molar-refractivity contribution is 0.132. The molecule has 14 heavy (non-hydrogen) atoms. The highest BCUT2D eigenvalue weighted by Crippen LogP contribution is 2.21. The van der Waals surface area contributed by atoms with Crippen molar-refractivity contribution in [2.45, 2.75) is 33.6 Å². The van der Waals surface area contributed by atoms with Gasteiger partial charge in [0.05, 0.1) is 0 Å². The monoisotopic (exact) mass is 198 g/mol. The van der Waals surface area contributed by atoms with Crippen molar-refractivity contribution in [2.75, 3.05) is 33.2 Å². The second-order valence-corrected chi connectivity index (χ2v) is 5.65. The number of piperidine rings is 1. The van der Waals surface area contributed by atoms with E-state index in [0.717, 1.165) is 12.5 Å². The van der Waals surface area contributed by atoms with Crippen LogP contribution in [0.5, 0.6) is 0 Å². The first kappa shape index (κ1) is 12.0. The van der Waals surface area contributed by atoms with Crippen LogP contribution in [0.25, 0.3) is 0 Å². The molecule has 0 aromatic rings. The summed E-state index contributed by atoms with van der Waals surface area (Å²) in [5, 5.41) is 3.28. The highest BCUT2D eigenvalue weighted by molar-refractivity contribution is 4.78. The minimum Gasteiger partial charge on any atom is -0.319 e. The van der Waals surface area contributed by atoms with Crippen LogP contribution in [0.4, 0.5) is 0 Å². The van der Waals surface area contributed by atoms with Gasteiger partial charge in [-0.05, 0) is 44.3 Å². The number of hydrogen-bond acceptors (Lipinski definition) is 2. The summed E-state index contributed by atoms with van der Waals surface area (Å²) in [6, 6.07) is 0. The van der Waals surface area contributed by atoms with Crippen LogP contribution in [-0.4, -0.2) is 38.1 Å². The first-order valence-corrected chi connectivity index (χ1v) is 5.90. The second kappa shape index (κ2) is 5.13. The first-order valence-electron chi connectivity index (χ1n) is 5.90. The van der Waals surface area contributed by atoms with Crippen molar-refractivity contribution < 1.29 is 0 Å². The Morgan fingerprint density at radius 2 is 1.86 bits per heavy atom. The molecule has 1 aliphatic rings. The Balaban J connectivity index is 2.29. The summed E-state index contributed by atoms with van der Waals surface area (Å²) in [6.45, 7) is 12.0. The van der Waals surface area contributed by atoms with Crippen molar-refractivity contribution in [3.63, 3.8) is 0 Å². The Bertz CT molecular complexity index is 158. The number of nitrogens with one attached hydrogen (secondary N) is 1. The van der Waals surface area contributed by atoms with Gasteiger partial charge in [0, 0.05) is 13.1 Å². The smallest absolute Gasteiger partial charge is 0.00448 e. The molecule has 1 saturated heterocycles. The lowest BCUT2D eigenvalue weighted by Gasteiger charge is -2.36. The largest absolute Gasteiger partial charge is 0.319 e. The van der Waals surface area contributed by atoms with Gasteiger partial charge in [0.1, 0.15) is 0 Å². The third-order valence-corrected chi connectivity index (χ3v) is 3.18. The van der Waals surface area contributed by atoms with E-state index in [9.17, 15) is 0 Å². The number of rotatable bonds is 4. The van der Waals surface area contributed by atoms with Crippen molar-refractivity contribution >= 4 is 0 Å². The zero-order chi connectivity index (χ0) is 10.6. The van der Waals surface area contributed by atoms with E-state index in [0.29, 0.717) is 5.41 Å². The van der Waals surface area contributed by atoms with E-state index in [-0.39, 0.29) is 0 Å². The molecule has 2 heteroatoms. The fraction of sp³-hybridized carbons (Fsp3) is 1.00. The van der Waals surface area contributed by atoms with Gasteiger partial charge >= 0.3 is 0 Å². The van der Waals surface area contributed by atoms with Gasteiger partial charge in [0.25, 0.3) is 0 Å². The summed E-state index contributed by atoms with van der Waals surface area (Å²) in [5.41, 5.74) is 0.412. The van der Waals surface area contributed by atoms with Crippen LogP contribution in [0.15, 0.2) is 0 Å². The summed E-state index contributed by atoms with van der Waals surface area (Å²) in [5.74, 6) is 0.943. The molecule has 0 aromatic carbocycles. The molecule has 0 aromatic heterocycles. The molecule has 1 fully saturated rings. The average molecular weight is 198 g/mol. The quantitative estimate of drug-likeness (QED) is 0.743. The topological polar surface area (TPSA) is 15.3 Å². The van der Waals surface area contributed by atoms with E-state index in [1.807, 2.05) is 7.05 Å². The Morgan fingerprint density at radius 1 is 1.29 bits per heavy atom. The summed E-state index contributed by atoms with van der Waals surface area (Å²) < 4.78 is 0. The van der Waals surface area contributed by atoms with Gasteiger partial charge in [0.15, 0.2) is 0 Å². The molecule has 84 valence electrons. The Kier molecular flexibility index (Phi) is 4.39. The molecule has 0 radical (unpaired) electrons. The highest BCUT2D eigenvalue weighted by Gasteiger charge is 2.23. The van der Waals surface area contributed by atoms with Crippen LogP contribution in [0, 0.1) is 11.3 Å². The maximum Gasteiger partial charge on any atom is 0.00448 e. The molecule has 0 spiro atoms. The molecular formula is C12H26N2. The first-order chi connectivity index (χ1) is 6.53. The van der Waals surface area contributed by atoms with Gasteiger partial charge < -0.3 is 10.2 Å². The van der Waals surface area contributed by atoms with Gasteiger partial charge in [-0.1, -0.05) is 20.8 Å². The zero-order valence-corrected chi connectivity index (χ0v) is 10.3. The number of hydrogen-bond donors (Lipinski definition) is 1. The molecule has 1 aliphatic heterocycles. The maximum absolute atomic E-state index is 3.28. The van der Waals surface area contributed by atoms with Crippen LogP contribution in [0.1, 0.15) is 33.6 Å². The van der Waals surface area contributed by atoms with Crippen molar-refractivity contribution in [2.24, 2.45) is 11.3 Å². The van der Waals surface area contributed by atoms with Crippen LogP contribution in [0.3, 0.4) is 0 Å². The molecular weight excluding hydrogens is 172 g/mol. The van der Waals surface area contributed by atoms with Crippen LogP contribution in [-0.2, 0) is 0 Å². The summed E-state index contributed by atoms with van der Waals surface area (Å²) in [4.78, 5) is 2.62. The fourth-order valence-electron chi connectivity index (χ4n) is 2.36. The van der Waals surface area contributed by atoms with Gasteiger partial charge in [-0.3, -0.25) is 0 Å². The van der Waals surface area contributed by atoms with Crippen molar-refractivity contribution in [3.05, 3.63) is 0 Å². The Hall–Kier alpha value is -0.0800. The van der Waals surface area contributed by atoms with Gasteiger partial charge in [-0.25, -0.2) is 0 Å². The summed E-state index contributed by atoms with van der Waals surface area (Å²) >= 11 is 0. The van der Waals surface area contributed by atoms with E-state index >= 15 is 0 Å². The number of nitrogens with zero attached hydrogens (tertiary/aromatic N) is 1. The van der Waals surface area contributed by atoms with Gasteiger partial charge in [-0.15, -0.1) is 0 Å². The molecule has 1 rings (SSSR count). The van der Waals surface area contributed by atoms with E-state index in [1.54, 1.807) is 0 Å². The molecule has 0 amide bonds. The second-order valence-electron chi connectivity index (χ2n) is 5.65. The van der Waals surface area contributed by atoms with E-state index in [1.165, 1.54) is 32.5 Å². The minimum atomic E-state index is 0.412. The molecule has 0 bridgehead atoms. The van der Waals surface area contributed by atoms with E-state index < -0.39 is 0 Å². The standard InChI is InChI=1S/C12H26N2/c1-11-5-7-14(8-6-11)10-12(2,3)9-13-4/h11,13H,5-10H2,1-4H3. The third-order valence-electron chi connectivity index (χ3n) is 3.18. The van der Waals surface area contributed by atoms with Crippen LogP contribution >= 0.6 is 0 Å². The van der Waals surface area contributed by atoms with Crippen LogP contribution in [0.2, 0.25) is 0 Å². The Morgan fingerprint density at radius 3 is 2.36 bits per heavy atom.